The number of nitrogens with zero attached hydrogens (tertiary/aromatic N) is 3. The van der Waals surface area contributed by atoms with E-state index in [1.54, 1.807) is 30.3 Å². The van der Waals surface area contributed by atoms with Crippen molar-refractivity contribution in [1.29, 1.82) is 0 Å². The van der Waals surface area contributed by atoms with Crippen molar-refractivity contribution in [3.63, 3.8) is 0 Å². The molecule has 0 radical (unpaired) electrons. The van der Waals surface area contributed by atoms with Gasteiger partial charge in [0.15, 0.2) is 11.0 Å². The number of anilines is 1. The minimum absolute atomic E-state index is 0.144. The molecule has 0 fully saturated rings. The van der Waals surface area contributed by atoms with Gasteiger partial charge < -0.3 is 15.2 Å². The first-order valence-corrected chi connectivity index (χ1v) is 10.9. The van der Waals surface area contributed by atoms with E-state index in [1.165, 1.54) is 11.8 Å². The van der Waals surface area contributed by atoms with Gasteiger partial charge in [0.25, 0.3) is 5.91 Å². The maximum atomic E-state index is 12.5. The molecule has 0 saturated heterocycles. The highest BCUT2D eigenvalue weighted by molar-refractivity contribution is 7.99. The van der Waals surface area contributed by atoms with Crippen LogP contribution in [0.4, 0.5) is 5.69 Å². The average Bonchev–Trinajstić information content (AvgIpc) is 3.16. The van der Waals surface area contributed by atoms with Gasteiger partial charge >= 0.3 is 0 Å². The number of aromatic nitrogens is 3. The number of rotatable bonds is 9. The average molecular weight is 456 g/mol. The molecule has 0 aliphatic heterocycles. The van der Waals surface area contributed by atoms with Gasteiger partial charge in [-0.25, -0.2) is 0 Å². The van der Waals surface area contributed by atoms with Gasteiger partial charge in [0.05, 0.1) is 11.8 Å². The third-order valence-electron chi connectivity index (χ3n) is 4.29. The van der Waals surface area contributed by atoms with E-state index in [0.717, 1.165) is 5.69 Å². The van der Waals surface area contributed by atoms with Crippen molar-refractivity contribution < 1.29 is 9.59 Å². The molecule has 160 valence electrons. The summed E-state index contributed by atoms with van der Waals surface area (Å²) in [4.78, 5) is 24.8. The highest BCUT2D eigenvalue weighted by Crippen LogP contribution is 2.21. The summed E-state index contributed by atoms with van der Waals surface area (Å²) in [5, 5.41) is 15.3. The van der Waals surface area contributed by atoms with Crippen LogP contribution < -0.4 is 10.6 Å². The molecule has 2 N–H and O–H groups in total. The van der Waals surface area contributed by atoms with Gasteiger partial charge in [0.1, 0.15) is 0 Å². The number of allylic oxidation sites excluding steroid dienone is 1. The number of thioether (sulfide) groups is 1. The first-order valence-electron chi connectivity index (χ1n) is 9.56. The normalized spacial score (nSPS) is 11.5. The van der Waals surface area contributed by atoms with Gasteiger partial charge in [-0.15, -0.1) is 16.8 Å². The number of carbonyl (C=O) groups is 2. The number of hydrogen-bond acceptors (Lipinski definition) is 5. The van der Waals surface area contributed by atoms with Crippen molar-refractivity contribution in [3.8, 4) is 0 Å². The summed E-state index contributed by atoms with van der Waals surface area (Å²) >= 11 is 7.15. The van der Waals surface area contributed by atoms with Crippen LogP contribution in [0.5, 0.6) is 0 Å². The Hall–Kier alpha value is -3.10. The standard InChI is InChI=1S/C22H22ClN5O2S/c1-3-13-28-20(15(2)24-21(30)16-9-11-17(23)12-10-16)26-27-22(28)31-14-19(29)25-18-7-5-4-6-8-18/h3-12,15H,1,13-14H2,2H3,(H,24,30)(H,25,29)/t15-/m1/s1. The summed E-state index contributed by atoms with van der Waals surface area (Å²) < 4.78 is 1.83. The van der Waals surface area contributed by atoms with E-state index < -0.39 is 6.04 Å². The predicted octanol–water partition coefficient (Wildman–Crippen LogP) is 4.34. The minimum atomic E-state index is -0.400. The van der Waals surface area contributed by atoms with E-state index in [-0.39, 0.29) is 17.6 Å². The van der Waals surface area contributed by atoms with Crippen LogP contribution in [0.15, 0.2) is 72.4 Å². The van der Waals surface area contributed by atoms with Crippen LogP contribution in [-0.2, 0) is 11.3 Å². The molecular weight excluding hydrogens is 434 g/mol. The molecule has 2 amide bonds. The molecule has 7 nitrogen and oxygen atoms in total. The number of para-hydroxylation sites is 1. The van der Waals surface area contributed by atoms with E-state index in [1.807, 2.05) is 41.8 Å². The van der Waals surface area contributed by atoms with Crippen molar-refractivity contribution in [2.75, 3.05) is 11.1 Å². The zero-order valence-corrected chi connectivity index (χ0v) is 18.5. The van der Waals surface area contributed by atoms with Gasteiger partial charge in [-0.1, -0.05) is 47.6 Å². The Morgan fingerprint density at radius 3 is 2.55 bits per heavy atom. The maximum absolute atomic E-state index is 12.5. The lowest BCUT2D eigenvalue weighted by atomic mass is 10.2. The number of benzene rings is 2. The molecule has 9 heteroatoms. The fourth-order valence-electron chi connectivity index (χ4n) is 2.82. The molecule has 0 spiro atoms. The quantitative estimate of drug-likeness (QED) is 0.370. The van der Waals surface area contributed by atoms with E-state index in [0.29, 0.717) is 28.1 Å². The van der Waals surface area contributed by atoms with E-state index in [2.05, 4.69) is 27.4 Å². The summed E-state index contributed by atoms with van der Waals surface area (Å²) in [5.41, 5.74) is 1.23. The molecule has 3 aromatic rings. The molecule has 0 bridgehead atoms. The third-order valence-corrected chi connectivity index (χ3v) is 5.51. The highest BCUT2D eigenvalue weighted by atomic mass is 35.5. The summed E-state index contributed by atoms with van der Waals surface area (Å²) in [7, 11) is 0. The molecule has 1 atom stereocenters. The zero-order chi connectivity index (χ0) is 22.2. The Kier molecular flexibility index (Phi) is 7.86. The lowest BCUT2D eigenvalue weighted by Gasteiger charge is -2.15. The number of carbonyl (C=O) groups excluding carboxylic acids is 2. The topological polar surface area (TPSA) is 88.9 Å². The second-order valence-electron chi connectivity index (χ2n) is 6.64. The van der Waals surface area contributed by atoms with E-state index in [4.69, 9.17) is 11.6 Å². The first kappa shape index (κ1) is 22.6. The fourth-order valence-corrected chi connectivity index (χ4v) is 3.70. The summed E-state index contributed by atoms with van der Waals surface area (Å²) in [5.74, 6) is 0.368. The first-order chi connectivity index (χ1) is 15.0. The van der Waals surface area contributed by atoms with Crippen LogP contribution >= 0.6 is 23.4 Å². The van der Waals surface area contributed by atoms with Gasteiger partial charge in [0, 0.05) is 22.8 Å². The Labute approximate surface area is 189 Å². The SMILES string of the molecule is C=CCn1c(SCC(=O)Nc2ccccc2)nnc1[C@@H](C)NC(=O)c1ccc(Cl)cc1. The fraction of sp³-hybridized carbons (Fsp3) is 0.182. The van der Waals surface area contributed by atoms with Gasteiger partial charge in [0.2, 0.25) is 5.91 Å². The highest BCUT2D eigenvalue weighted by Gasteiger charge is 2.20. The Morgan fingerprint density at radius 2 is 1.87 bits per heavy atom. The molecule has 1 heterocycles. The third kappa shape index (κ3) is 6.19. The predicted molar refractivity (Wildman–Crippen MR) is 123 cm³/mol. The molecular formula is C22H22ClN5O2S. The Bertz CT molecular complexity index is 1050. The van der Waals surface area contributed by atoms with Crippen molar-refractivity contribution >= 4 is 40.9 Å². The van der Waals surface area contributed by atoms with Gasteiger partial charge in [-0.3, -0.25) is 9.59 Å². The molecule has 0 aliphatic carbocycles. The number of amides is 2. The Morgan fingerprint density at radius 1 is 1.16 bits per heavy atom. The van der Waals surface area contributed by atoms with Crippen LogP contribution in [-0.4, -0.2) is 32.3 Å². The molecule has 0 unspecified atom stereocenters. The largest absolute Gasteiger partial charge is 0.342 e. The molecule has 1 aromatic heterocycles. The summed E-state index contributed by atoms with van der Waals surface area (Å²) in [6.07, 6.45) is 1.72. The molecule has 31 heavy (non-hydrogen) atoms. The molecule has 2 aromatic carbocycles. The van der Waals surface area contributed by atoms with Crippen molar-refractivity contribution in [3.05, 3.63) is 83.7 Å². The number of halogens is 1. The van der Waals surface area contributed by atoms with Crippen LogP contribution in [0.3, 0.4) is 0 Å². The summed E-state index contributed by atoms with van der Waals surface area (Å²) in [6.45, 7) is 6.06. The van der Waals surface area contributed by atoms with Crippen molar-refractivity contribution in [2.24, 2.45) is 0 Å². The zero-order valence-electron chi connectivity index (χ0n) is 16.9. The van der Waals surface area contributed by atoms with Crippen LogP contribution in [0.1, 0.15) is 29.1 Å². The minimum Gasteiger partial charge on any atom is -0.342 e. The number of nitrogens with one attached hydrogen (secondary N) is 2. The van der Waals surface area contributed by atoms with E-state index in [9.17, 15) is 9.59 Å². The lowest BCUT2D eigenvalue weighted by molar-refractivity contribution is -0.113. The second-order valence-corrected chi connectivity index (χ2v) is 8.02. The molecule has 3 rings (SSSR count). The second kappa shape index (κ2) is 10.8. The Balaban J connectivity index is 1.66. The van der Waals surface area contributed by atoms with Gasteiger partial charge in [-0.2, -0.15) is 0 Å². The molecule has 0 aliphatic rings. The summed E-state index contributed by atoms with van der Waals surface area (Å²) in [6, 6.07) is 15.5. The van der Waals surface area contributed by atoms with E-state index >= 15 is 0 Å². The smallest absolute Gasteiger partial charge is 0.251 e. The van der Waals surface area contributed by atoms with Crippen LogP contribution in [0.25, 0.3) is 0 Å². The number of hydrogen-bond donors (Lipinski definition) is 2. The molecule has 0 saturated carbocycles. The van der Waals surface area contributed by atoms with Crippen molar-refractivity contribution in [1.82, 2.24) is 20.1 Å². The maximum Gasteiger partial charge on any atom is 0.251 e. The monoisotopic (exact) mass is 455 g/mol. The van der Waals surface area contributed by atoms with Crippen LogP contribution in [0, 0.1) is 0 Å². The van der Waals surface area contributed by atoms with Crippen LogP contribution in [0.2, 0.25) is 5.02 Å². The lowest BCUT2D eigenvalue weighted by Crippen LogP contribution is -2.28. The van der Waals surface area contributed by atoms with Crippen molar-refractivity contribution in [2.45, 2.75) is 24.7 Å². The van der Waals surface area contributed by atoms with Gasteiger partial charge in [-0.05, 0) is 43.3 Å².